The molecular formula is C20H28N4O3. The molecule has 0 spiro atoms. The molecule has 0 aromatic carbocycles. The van der Waals surface area contributed by atoms with Crippen LogP contribution in [0.2, 0.25) is 0 Å². The van der Waals surface area contributed by atoms with Gasteiger partial charge in [-0.25, -0.2) is 0 Å². The van der Waals surface area contributed by atoms with E-state index in [0.29, 0.717) is 23.9 Å². The second-order valence-corrected chi connectivity index (χ2v) is 7.14. The van der Waals surface area contributed by atoms with Crippen molar-refractivity contribution in [2.45, 2.75) is 26.3 Å². The van der Waals surface area contributed by atoms with Crippen molar-refractivity contribution in [3.63, 3.8) is 0 Å². The summed E-state index contributed by atoms with van der Waals surface area (Å²) in [7, 11) is 1.74. The molecule has 0 aliphatic carbocycles. The molecule has 0 saturated carbocycles. The van der Waals surface area contributed by atoms with E-state index in [1.54, 1.807) is 32.5 Å². The summed E-state index contributed by atoms with van der Waals surface area (Å²) < 4.78 is 10.3. The Hall–Kier alpha value is -2.25. The molecule has 1 aliphatic heterocycles. The van der Waals surface area contributed by atoms with Crippen molar-refractivity contribution in [1.29, 1.82) is 0 Å². The van der Waals surface area contributed by atoms with Crippen molar-refractivity contribution in [3.05, 3.63) is 47.6 Å². The third-order valence-electron chi connectivity index (χ3n) is 5.05. The predicted octanol–water partition coefficient (Wildman–Crippen LogP) is 2.38. The number of carbonyl (C=O) groups is 1. The van der Waals surface area contributed by atoms with Gasteiger partial charge in [0.25, 0.3) is 5.91 Å². The zero-order valence-corrected chi connectivity index (χ0v) is 16.1. The van der Waals surface area contributed by atoms with Gasteiger partial charge in [-0.15, -0.1) is 0 Å². The Morgan fingerprint density at radius 2 is 2.07 bits per heavy atom. The number of amides is 1. The molecular weight excluding hydrogens is 344 g/mol. The topological polar surface area (TPSA) is 71.7 Å². The summed E-state index contributed by atoms with van der Waals surface area (Å²) >= 11 is 0. The van der Waals surface area contributed by atoms with Crippen LogP contribution in [0.25, 0.3) is 0 Å². The molecule has 1 aliphatic rings. The number of ether oxygens (including phenoxy) is 1. The molecule has 27 heavy (non-hydrogen) atoms. The number of nitrogens with zero attached hydrogens (tertiary/aromatic N) is 4. The smallest absolute Gasteiger partial charge is 0.276 e. The minimum absolute atomic E-state index is 0.0783. The van der Waals surface area contributed by atoms with Crippen molar-refractivity contribution >= 4 is 5.91 Å². The average molecular weight is 372 g/mol. The van der Waals surface area contributed by atoms with Crippen LogP contribution in [0.4, 0.5) is 0 Å². The van der Waals surface area contributed by atoms with Gasteiger partial charge < -0.3 is 19.1 Å². The van der Waals surface area contributed by atoms with Crippen LogP contribution >= 0.6 is 0 Å². The summed E-state index contributed by atoms with van der Waals surface area (Å²) in [4.78, 5) is 21.4. The van der Waals surface area contributed by atoms with E-state index in [2.05, 4.69) is 15.0 Å². The van der Waals surface area contributed by atoms with E-state index in [-0.39, 0.29) is 5.91 Å². The fourth-order valence-corrected chi connectivity index (χ4v) is 3.48. The highest BCUT2D eigenvalue weighted by atomic mass is 16.5. The maximum atomic E-state index is 13.0. The standard InChI is InChI=1S/C20H28N4O3/c1-16-13-19(22-27-16)20(25)24(14-17-3-7-21-8-4-17)15-18-5-9-23(10-6-18)11-12-26-2/h3-4,7-8,13,18H,5-6,9-12,14-15H2,1-2H3. The molecule has 0 N–H and O–H groups in total. The Morgan fingerprint density at radius 3 is 2.70 bits per heavy atom. The first-order valence-electron chi connectivity index (χ1n) is 9.48. The van der Waals surface area contributed by atoms with E-state index in [0.717, 1.165) is 51.2 Å². The molecule has 2 aromatic rings. The molecule has 0 unspecified atom stereocenters. The average Bonchev–Trinajstić information content (AvgIpc) is 3.13. The number of hydrogen-bond acceptors (Lipinski definition) is 6. The highest BCUT2D eigenvalue weighted by Crippen LogP contribution is 2.21. The molecule has 7 heteroatoms. The van der Waals surface area contributed by atoms with Gasteiger partial charge in [0, 0.05) is 45.2 Å². The monoisotopic (exact) mass is 372 g/mol. The van der Waals surface area contributed by atoms with Crippen LogP contribution in [0.3, 0.4) is 0 Å². The van der Waals surface area contributed by atoms with Crippen LogP contribution in [0, 0.1) is 12.8 Å². The zero-order chi connectivity index (χ0) is 19.1. The van der Waals surface area contributed by atoms with Crippen LogP contribution in [0.15, 0.2) is 35.1 Å². The second kappa shape index (κ2) is 9.62. The molecule has 7 nitrogen and oxygen atoms in total. The Labute approximate surface area is 160 Å². The van der Waals surface area contributed by atoms with E-state index in [4.69, 9.17) is 9.26 Å². The molecule has 146 valence electrons. The van der Waals surface area contributed by atoms with E-state index in [1.165, 1.54) is 0 Å². The van der Waals surface area contributed by atoms with Crippen LogP contribution in [0.1, 0.15) is 34.7 Å². The van der Waals surface area contributed by atoms with Crippen LogP contribution in [-0.4, -0.2) is 65.7 Å². The van der Waals surface area contributed by atoms with Gasteiger partial charge >= 0.3 is 0 Å². The Kier molecular flexibility index (Phi) is 6.95. The number of aryl methyl sites for hydroxylation is 1. The SMILES string of the molecule is COCCN1CCC(CN(Cc2ccncc2)C(=O)c2cc(C)on2)CC1. The molecule has 3 heterocycles. The van der Waals surface area contributed by atoms with E-state index in [9.17, 15) is 4.79 Å². The van der Waals surface area contributed by atoms with Crippen LogP contribution in [0.5, 0.6) is 0 Å². The largest absolute Gasteiger partial charge is 0.383 e. The maximum absolute atomic E-state index is 13.0. The van der Waals surface area contributed by atoms with Gasteiger partial charge in [0.05, 0.1) is 6.61 Å². The number of pyridine rings is 1. The first-order chi connectivity index (χ1) is 13.2. The van der Waals surface area contributed by atoms with Crippen molar-refractivity contribution < 1.29 is 14.1 Å². The normalized spacial score (nSPS) is 15.8. The lowest BCUT2D eigenvalue weighted by molar-refractivity contribution is 0.0648. The first kappa shape index (κ1) is 19.5. The molecule has 0 radical (unpaired) electrons. The van der Waals surface area contributed by atoms with Gasteiger partial charge in [0.15, 0.2) is 5.69 Å². The number of rotatable bonds is 8. The van der Waals surface area contributed by atoms with Gasteiger partial charge in [0.1, 0.15) is 5.76 Å². The second-order valence-electron chi connectivity index (χ2n) is 7.14. The minimum Gasteiger partial charge on any atom is -0.383 e. The summed E-state index contributed by atoms with van der Waals surface area (Å²) in [5.74, 6) is 1.06. The number of aromatic nitrogens is 2. The number of hydrogen-bond donors (Lipinski definition) is 0. The zero-order valence-electron chi connectivity index (χ0n) is 16.1. The molecule has 1 fully saturated rings. The van der Waals surface area contributed by atoms with Gasteiger partial charge in [0.2, 0.25) is 0 Å². The number of likely N-dealkylation sites (tertiary alicyclic amines) is 1. The summed E-state index contributed by atoms with van der Waals surface area (Å²) in [6.45, 7) is 6.92. The van der Waals surface area contributed by atoms with Crippen LogP contribution < -0.4 is 0 Å². The third-order valence-corrected chi connectivity index (χ3v) is 5.05. The van der Waals surface area contributed by atoms with Gasteiger partial charge in [-0.2, -0.15) is 0 Å². The third kappa shape index (κ3) is 5.61. The molecule has 3 rings (SSSR count). The van der Waals surface area contributed by atoms with E-state index < -0.39 is 0 Å². The summed E-state index contributed by atoms with van der Waals surface area (Å²) in [5, 5.41) is 3.92. The lowest BCUT2D eigenvalue weighted by Crippen LogP contribution is -2.41. The van der Waals surface area contributed by atoms with Crippen molar-refractivity contribution in [1.82, 2.24) is 19.9 Å². The lowest BCUT2D eigenvalue weighted by atomic mass is 9.96. The van der Waals surface area contributed by atoms with Gasteiger partial charge in [-0.1, -0.05) is 5.16 Å². The maximum Gasteiger partial charge on any atom is 0.276 e. The van der Waals surface area contributed by atoms with E-state index >= 15 is 0 Å². The van der Waals surface area contributed by atoms with Crippen molar-refractivity contribution in [3.8, 4) is 0 Å². The molecule has 2 aromatic heterocycles. The van der Waals surface area contributed by atoms with Crippen molar-refractivity contribution in [2.75, 3.05) is 39.9 Å². The van der Waals surface area contributed by atoms with E-state index in [1.807, 2.05) is 17.0 Å². The van der Waals surface area contributed by atoms with Gasteiger partial charge in [-0.05, 0) is 56.5 Å². The predicted molar refractivity (Wildman–Crippen MR) is 101 cm³/mol. The number of piperidine rings is 1. The number of carbonyl (C=O) groups excluding carboxylic acids is 1. The fraction of sp³-hybridized carbons (Fsp3) is 0.550. The Balaban J connectivity index is 1.64. The molecule has 1 amide bonds. The molecule has 0 atom stereocenters. The summed E-state index contributed by atoms with van der Waals surface area (Å²) in [5.41, 5.74) is 1.44. The lowest BCUT2D eigenvalue weighted by Gasteiger charge is -2.34. The molecule has 0 bridgehead atoms. The summed E-state index contributed by atoms with van der Waals surface area (Å²) in [6, 6.07) is 5.60. The Bertz CT molecular complexity index is 711. The van der Waals surface area contributed by atoms with Crippen molar-refractivity contribution in [2.24, 2.45) is 5.92 Å². The fourth-order valence-electron chi connectivity index (χ4n) is 3.48. The summed E-state index contributed by atoms with van der Waals surface area (Å²) in [6.07, 6.45) is 5.68. The minimum atomic E-state index is -0.0783. The van der Waals surface area contributed by atoms with Crippen LogP contribution in [-0.2, 0) is 11.3 Å². The number of methoxy groups -OCH3 is 1. The molecule has 1 saturated heterocycles. The Morgan fingerprint density at radius 1 is 1.33 bits per heavy atom. The first-order valence-corrected chi connectivity index (χ1v) is 9.48. The highest BCUT2D eigenvalue weighted by Gasteiger charge is 2.26. The highest BCUT2D eigenvalue weighted by molar-refractivity contribution is 5.92. The van der Waals surface area contributed by atoms with Gasteiger partial charge in [-0.3, -0.25) is 9.78 Å². The quantitative estimate of drug-likeness (QED) is 0.708.